The molecule has 18 heavy (non-hydrogen) atoms. The molecule has 0 amide bonds. The number of hydrogen-bond acceptors (Lipinski definition) is 4. The number of benzene rings is 1. The van der Waals surface area contributed by atoms with Gasteiger partial charge in [-0.05, 0) is 40.6 Å². The van der Waals surface area contributed by atoms with Crippen LogP contribution in [0, 0.1) is 3.57 Å². The molecule has 1 aromatic heterocycles. The molecule has 94 valence electrons. The summed E-state index contributed by atoms with van der Waals surface area (Å²) in [7, 11) is 0. The number of nitrogens with two attached hydrogens (primary N) is 1. The molecule has 0 atom stereocenters. The van der Waals surface area contributed by atoms with Crippen molar-refractivity contribution in [2.45, 2.75) is 19.8 Å². The van der Waals surface area contributed by atoms with Gasteiger partial charge in [0.1, 0.15) is 18.0 Å². The molecular weight excluding hydrogens is 339 g/mol. The van der Waals surface area contributed by atoms with Crippen molar-refractivity contribution >= 4 is 39.9 Å². The summed E-state index contributed by atoms with van der Waals surface area (Å²) in [5.41, 5.74) is 7.90. The molecule has 0 unspecified atom stereocenters. The van der Waals surface area contributed by atoms with Gasteiger partial charge in [0.05, 0.1) is 5.69 Å². The zero-order valence-electron chi connectivity index (χ0n) is 10.3. The first kappa shape index (κ1) is 13.1. The van der Waals surface area contributed by atoms with Gasteiger partial charge in [0.25, 0.3) is 0 Å². The Labute approximate surface area is 120 Å². The number of halogens is 1. The molecule has 0 saturated heterocycles. The van der Waals surface area contributed by atoms with Gasteiger partial charge >= 0.3 is 0 Å². The fraction of sp³-hybridized carbons (Fsp3) is 0.231. The smallest absolute Gasteiger partial charge is 0.139 e. The Balaban J connectivity index is 2.41. The number of para-hydroxylation sites is 1. The molecule has 0 spiro atoms. The molecule has 3 N–H and O–H groups in total. The second-order valence-corrected chi connectivity index (χ2v) is 5.44. The lowest BCUT2D eigenvalue weighted by Gasteiger charge is -2.15. The fourth-order valence-corrected chi connectivity index (χ4v) is 2.29. The average molecular weight is 354 g/mol. The maximum atomic E-state index is 5.92. The number of nitrogens with one attached hydrogen (secondary N) is 1. The summed E-state index contributed by atoms with van der Waals surface area (Å²) in [5.74, 6) is 1.59. The standard InChI is InChI=1S/C13H15IN4/c1-8(2)11-12(15)16-7-17-13(11)18-10-6-4-3-5-9(10)14/h3-8H,1-2H3,(H3,15,16,17,18). The molecule has 0 radical (unpaired) electrons. The van der Waals surface area contributed by atoms with Crippen LogP contribution in [-0.2, 0) is 0 Å². The molecule has 1 heterocycles. The lowest BCUT2D eigenvalue weighted by molar-refractivity contribution is 0.855. The lowest BCUT2D eigenvalue weighted by atomic mass is 10.0. The van der Waals surface area contributed by atoms with E-state index in [1.807, 2.05) is 24.3 Å². The molecule has 4 nitrogen and oxygen atoms in total. The van der Waals surface area contributed by atoms with Gasteiger partial charge in [-0.15, -0.1) is 0 Å². The first-order chi connectivity index (χ1) is 8.59. The maximum absolute atomic E-state index is 5.92. The number of aromatic nitrogens is 2. The normalized spacial score (nSPS) is 10.7. The van der Waals surface area contributed by atoms with Crippen LogP contribution in [0.15, 0.2) is 30.6 Å². The average Bonchev–Trinajstić information content (AvgIpc) is 2.31. The Bertz CT molecular complexity index is 554. The molecule has 2 rings (SSSR count). The van der Waals surface area contributed by atoms with Crippen LogP contribution < -0.4 is 11.1 Å². The summed E-state index contributed by atoms with van der Waals surface area (Å²) < 4.78 is 1.14. The first-order valence-corrected chi connectivity index (χ1v) is 6.79. The Morgan fingerprint density at radius 3 is 2.61 bits per heavy atom. The van der Waals surface area contributed by atoms with E-state index in [4.69, 9.17) is 5.73 Å². The van der Waals surface area contributed by atoms with Crippen LogP contribution in [0.1, 0.15) is 25.3 Å². The summed E-state index contributed by atoms with van der Waals surface area (Å²) in [4.78, 5) is 8.34. The van der Waals surface area contributed by atoms with Crippen LogP contribution in [0.25, 0.3) is 0 Å². The van der Waals surface area contributed by atoms with Crippen LogP contribution >= 0.6 is 22.6 Å². The van der Waals surface area contributed by atoms with Gasteiger partial charge in [-0.2, -0.15) is 0 Å². The van der Waals surface area contributed by atoms with Gasteiger partial charge in [-0.25, -0.2) is 9.97 Å². The van der Waals surface area contributed by atoms with Gasteiger partial charge in [0.2, 0.25) is 0 Å². The predicted molar refractivity (Wildman–Crippen MR) is 83.0 cm³/mol. The Kier molecular flexibility index (Phi) is 4.00. The van der Waals surface area contributed by atoms with Crippen LogP contribution in [0.2, 0.25) is 0 Å². The van der Waals surface area contributed by atoms with Crippen molar-refractivity contribution in [2.75, 3.05) is 11.1 Å². The van der Waals surface area contributed by atoms with Gasteiger partial charge in [0, 0.05) is 9.13 Å². The molecule has 1 aromatic carbocycles. The van der Waals surface area contributed by atoms with Crippen molar-refractivity contribution in [1.82, 2.24) is 9.97 Å². The third-order valence-corrected chi connectivity index (χ3v) is 3.56. The number of anilines is 3. The van der Waals surface area contributed by atoms with Crippen molar-refractivity contribution in [1.29, 1.82) is 0 Å². The summed E-state index contributed by atoms with van der Waals surface area (Å²) >= 11 is 2.29. The quantitative estimate of drug-likeness (QED) is 0.828. The molecule has 0 bridgehead atoms. The minimum absolute atomic E-state index is 0.273. The van der Waals surface area contributed by atoms with E-state index in [1.54, 1.807) is 0 Å². The first-order valence-electron chi connectivity index (χ1n) is 5.71. The SMILES string of the molecule is CC(C)c1c(N)ncnc1Nc1ccccc1I. The molecule has 0 aliphatic rings. The van der Waals surface area contributed by atoms with Gasteiger partial charge in [-0.3, -0.25) is 0 Å². The van der Waals surface area contributed by atoms with Crippen molar-refractivity contribution in [3.8, 4) is 0 Å². The molecule has 0 saturated carbocycles. The van der Waals surface area contributed by atoms with Crippen LogP contribution in [-0.4, -0.2) is 9.97 Å². The van der Waals surface area contributed by atoms with E-state index >= 15 is 0 Å². The molecule has 0 aliphatic heterocycles. The fourth-order valence-electron chi connectivity index (χ4n) is 1.77. The second-order valence-electron chi connectivity index (χ2n) is 4.28. The van der Waals surface area contributed by atoms with Crippen LogP contribution in [0.3, 0.4) is 0 Å². The highest BCUT2D eigenvalue weighted by molar-refractivity contribution is 14.1. The molecule has 5 heteroatoms. The van der Waals surface area contributed by atoms with Crippen LogP contribution in [0.4, 0.5) is 17.3 Å². The summed E-state index contributed by atoms with van der Waals surface area (Å²) in [6.07, 6.45) is 1.49. The third-order valence-electron chi connectivity index (χ3n) is 2.62. The van der Waals surface area contributed by atoms with Crippen molar-refractivity contribution in [3.05, 3.63) is 39.7 Å². The summed E-state index contributed by atoms with van der Waals surface area (Å²) in [5, 5.41) is 3.32. The minimum Gasteiger partial charge on any atom is -0.383 e. The Morgan fingerprint density at radius 1 is 1.22 bits per heavy atom. The van der Waals surface area contributed by atoms with Crippen molar-refractivity contribution in [3.63, 3.8) is 0 Å². The van der Waals surface area contributed by atoms with Crippen LogP contribution in [0.5, 0.6) is 0 Å². The monoisotopic (exact) mass is 354 g/mol. The molecular formula is C13H15IN4. The molecule has 0 fully saturated rings. The van der Waals surface area contributed by atoms with E-state index < -0.39 is 0 Å². The number of hydrogen-bond donors (Lipinski definition) is 2. The van der Waals surface area contributed by atoms with E-state index in [0.717, 1.165) is 20.6 Å². The maximum Gasteiger partial charge on any atom is 0.139 e. The second kappa shape index (κ2) is 5.51. The highest BCUT2D eigenvalue weighted by atomic mass is 127. The predicted octanol–water partition coefficient (Wildman–Crippen LogP) is 3.53. The topological polar surface area (TPSA) is 63.8 Å². The number of nitrogens with zero attached hydrogens (tertiary/aromatic N) is 2. The lowest BCUT2D eigenvalue weighted by Crippen LogP contribution is -2.07. The van der Waals surface area contributed by atoms with E-state index in [-0.39, 0.29) is 5.92 Å². The Hall–Kier alpha value is -1.37. The zero-order valence-corrected chi connectivity index (χ0v) is 12.5. The molecule has 2 aromatic rings. The van der Waals surface area contributed by atoms with E-state index in [9.17, 15) is 0 Å². The van der Waals surface area contributed by atoms with Crippen molar-refractivity contribution < 1.29 is 0 Å². The summed E-state index contributed by atoms with van der Waals surface area (Å²) in [6.45, 7) is 4.16. The van der Waals surface area contributed by atoms with Crippen molar-refractivity contribution in [2.24, 2.45) is 0 Å². The number of nitrogen functional groups attached to an aromatic ring is 1. The van der Waals surface area contributed by atoms with Gasteiger partial charge < -0.3 is 11.1 Å². The molecule has 0 aliphatic carbocycles. The zero-order chi connectivity index (χ0) is 13.1. The third kappa shape index (κ3) is 2.72. The van der Waals surface area contributed by atoms with E-state index in [1.165, 1.54) is 6.33 Å². The van der Waals surface area contributed by atoms with E-state index in [2.05, 4.69) is 51.7 Å². The van der Waals surface area contributed by atoms with Gasteiger partial charge in [0.15, 0.2) is 0 Å². The van der Waals surface area contributed by atoms with Gasteiger partial charge in [-0.1, -0.05) is 26.0 Å². The summed E-state index contributed by atoms with van der Waals surface area (Å²) in [6, 6.07) is 8.06. The highest BCUT2D eigenvalue weighted by Gasteiger charge is 2.13. The number of rotatable bonds is 3. The van der Waals surface area contributed by atoms with E-state index in [0.29, 0.717) is 5.82 Å². The highest BCUT2D eigenvalue weighted by Crippen LogP contribution is 2.29. The Morgan fingerprint density at radius 2 is 1.94 bits per heavy atom. The minimum atomic E-state index is 0.273. The largest absolute Gasteiger partial charge is 0.383 e.